The monoisotopic (exact) mass is 472 g/mol. The molecule has 0 bridgehead atoms. The number of aryl methyl sites for hydroxylation is 2. The Kier molecular flexibility index (Phi) is 7.43. The number of nitrogens with zero attached hydrogens (tertiary/aromatic N) is 3. The zero-order chi connectivity index (χ0) is 24.2. The summed E-state index contributed by atoms with van der Waals surface area (Å²) < 4.78 is 0. The molecule has 0 aliphatic carbocycles. The molecule has 35 heavy (non-hydrogen) atoms. The number of H-pyrrole nitrogens is 1. The van der Waals surface area contributed by atoms with E-state index >= 15 is 0 Å². The van der Waals surface area contributed by atoms with Crippen LogP contribution in [0.1, 0.15) is 60.6 Å². The van der Waals surface area contributed by atoms with E-state index in [0.29, 0.717) is 5.69 Å². The number of carbonyl (C=O) groups excluding carboxylic acids is 1. The lowest BCUT2D eigenvalue weighted by Gasteiger charge is -2.42. The summed E-state index contributed by atoms with van der Waals surface area (Å²) in [7, 11) is 0. The Morgan fingerprint density at radius 1 is 0.943 bits per heavy atom. The van der Waals surface area contributed by atoms with Gasteiger partial charge in [0.05, 0.1) is 0 Å². The number of likely N-dealkylation sites (tertiary alicyclic amines) is 2. The van der Waals surface area contributed by atoms with E-state index in [1.807, 2.05) is 11.0 Å². The molecule has 0 atom stereocenters. The van der Waals surface area contributed by atoms with Crippen LogP contribution >= 0.6 is 0 Å². The van der Waals surface area contributed by atoms with Crippen LogP contribution in [0.2, 0.25) is 0 Å². The van der Waals surface area contributed by atoms with Crippen LogP contribution in [0.15, 0.2) is 48.5 Å². The molecule has 1 aromatic heterocycles. The molecule has 0 spiro atoms. The number of anilines is 1. The van der Waals surface area contributed by atoms with Gasteiger partial charge in [0.25, 0.3) is 5.91 Å². The third-order valence-electron chi connectivity index (χ3n) is 7.99. The van der Waals surface area contributed by atoms with Gasteiger partial charge >= 0.3 is 0 Å². The van der Waals surface area contributed by atoms with Gasteiger partial charge in [0.2, 0.25) is 0 Å². The molecule has 1 N–H and O–H groups in total. The molecule has 0 unspecified atom stereocenters. The molecule has 2 aromatic carbocycles. The maximum Gasteiger partial charge on any atom is 0.270 e. The third kappa shape index (κ3) is 5.40. The van der Waals surface area contributed by atoms with Gasteiger partial charge in [-0.15, -0.1) is 0 Å². The SMILES string of the molecule is CCN1CCC(N2CCCc3ccccc32)CC1.Cc1ccc2cc(C(=O)N3CCCC3)[nH]c2c1. The highest BCUT2D eigenvalue weighted by molar-refractivity contribution is 5.98. The maximum atomic E-state index is 12.2. The molecule has 186 valence electrons. The second-order valence-corrected chi connectivity index (χ2v) is 10.4. The fraction of sp³-hybridized carbons (Fsp3) is 0.500. The van der Waals surface area contributed by atoms with Crippen molar-refractivity contribution in [3.63, 3.8) is 0 Å². The predicted octanol–water partition coefficient (Wildman–Crippen LogP) is 5.64. The van der Waals surface area contributed by atoms with E-state index in [2.05, 4.69) is 71.1 Å². The van der Waals surface area contributed by atoms with Crippen LogP contribution in [0.5, 0.6) is 0 Å². The fourth-order valence-electron chi connectivity index (χ4n) is 5.94. The van der Waals surface area contributed by atoms with E-state index in [0.717, 1.165) is 42.9 Å². The molecule has 3 aromatic rings. The minimum atomic E-state index is 0.136. The number of benzene rings is 2. The van der Waals surface area contributed by atoms with Gasteiger partial charge in [0, 0.05) is 55.4 Å². The van der Waals surface area contributed by atoms with Gasteiger partial charge in [-0.2, -0.15) is 0 Å². The van der Waals surface area contributed by atoms with Crippen LogP contribution in [0.25, 0.3) is 10.9 Å². The number of hydrogen-bond donors (Lipinski definition) is 1. The van der Waals surface area contributed by atoms with Gasteiger partial charge in [-0.3, -0.25) is 4.79 Å². The Balaban J connectivity index is 0.000000145. The minimum Gasteiger partial charge on any atom is -0.368 e. The average molecular weight is 473 g/mol. The summed E-state index contributed by atoms with van der Waals surface area (Å²) in [4.78, 5) is 22.6. The van der Waals surface area contributed by atoms with E-state index in [9.17, 15) is 4.79 Å². The molecular weight excluding hydrogens is 432 g/mol. The molecule has 3 aliphatic heterocycles. The highest BCUT2D eigenvalue weighted by atomic mass is 16.2. The van der Waals surface area contributed by atoms with Crippen LogP contribution in [-0.2, 0) is 6.42 Å². The summed E-state index contributed by atoms with van der Waals surface area (Å²) in [6.07, 6.45) is 7.52. The van der Waals surface area contributed by atoms with Gasteiger partial charge in [-0.25, -0.2) is 0 Å². The number of amides is 1. The molecule has 1 amide bonds. The second-order valence-electron chi connectivity index (χ2n) is 10.4. The van der Waals surface area contributed by atoms with Crippen molar-refractivity contribution in [2.24, 2.45) is 0 Å². The first kappa shape index (κ1) is 23.9. The van der Waals surface area contributed by atoms with Crippen molar-refractivity contribution in [2.75, 3.05) is 44.2 Å². The molecule has 2 fully saturated rings. The van der Waals surface area contributed by atoms with E-state index in [4.69, 9.17) is 0 Å². The first-order valence-corrected chi connectivity index (χ1v) is 13.6. The van der Waals surface area contributed by atoms with Crippen molar-refractivity contribution in [1.29, 1.82) is 0 Å². The topological polar surface area (TPSA) is 42.6 Å². The average Bonchev–Trinajstić information content (AvgIpc) is 3.59. The molecule has 6 rings (SSSR count). The molecule has 4 heterocycles. The summed E-state index contributed by atoms with van der Waals surface area (Å²) >= 11 is 0. The zero-order valence-electron chi connectivity index (χ0n) is 21.4. The number of nitrogens with one attached hydrogen (secondary N) is 1. The van der Waals surface area contributed by atoms with E-state index in [1.54, 1.807) is 5.56 Å². The molecule has 5 heteroatoms. The van der Waals surface area contributed by atoms with Crippen LogP contribution < -0.4 is 4.90 Å². The van der Waals surface area contributed by atoms with Crippen molar-refractivity contribution < 1.29 is 4.79 Å². The highest BCUT2D eigenvalue weighted by Gasteiger charge is 2.27. The Morgan fingerprint density at radius 2 is 1.71 bits per heavy atom. The number of carbonyl (C=O) groups is 1. The van der Waals surface area contributed by atoms with E-state index in [1.165, 1.54) is 63.1 Å². The fourth-order valence-corrected chi connectivity index (χ4v) is 5.94. The number of para-hydroxylation sites is 1. The molecular formula is C30H40N4O. The summed E-state index contributed by atoms with van der Waals surface area (Å²) in [5.74, 6) is 0.136. The van der Waals surface area contributed by atoms with Crippen molar-refractivity contribution in [3.8, 4) is 0 Å². The van der Waals surface area contributed by atoms with Crippen molar-refractivity contribution in [2.45, 2.75) is 58.4 Å². The van der Waals surface area contributed by atoms with Crippen molar-refractivity contribution in [1.82, 2.24) is 14.8 Å². The number of rotatable bonds is 3. The largest absolute Gasteiger partial charge is 0.368 e. The molecule has 2 saturated heterocycles. The lowest BCUT2D eigenvalue weighted by Crippen LogP contribution is -2.46. The predicted molar refractivity (Wildman–Crippen MR) is 145 cm³/mol. The number of hydrogen-bond acceptors (Lipinski definition) is 3. The number of aromatic nitrogens is 1. The molecule has 3 aliphatic rings. The number of fused-ring (bicyclic) bond motifs is 2. The van der Waals surface area contributed by atoms with Gasteiger partial charge < -0.3 is 19.7 Å². The Morgan fingerprint density at radius 3 is 2.49 bits per heavy atom. The minimum absolute atomic E-state index is 0.136. The molecule has 0 radical (unpaired) electrons. The quantitative estimate of drug-likeness (QED) is 0.537. The first-order chi connectivity index (χ1) is 17.1. The van der Waals surface area contributed by atoms with Crippen molar-refractivity contribution >= 4 is 22.5 Å². The van der Waals surface area contributed by atoms with Gasteiger partial charge in [-0.1, -0.05) is 37.3 Å². The standard InChI is InChI=1S/C16H24N2.C14H16N2O/c1-2-17-12-9-15(10-13-17)18-11-5-7-14-6-3-4-8-16(14)18;1-10-4-5-11-9-13(15-12(11)8-10)14(17)16-6-2-3-7-16/h3-4,6,8,15H,2,5,7,9-13H2,1H3;4-5,8-9,15H,2-3,6-7H2,1H3. The summed E-state index contributed by atoms with van der Waals surface area (Å²) in [5, 5.41) is 1.11. The molecule has 0 saturated carbocycles. The first-order valence-electron chi connectivity index (χ1n) is 13.6. The van der Waals surface area contributed by atoms with Gasteiger partial charge in [0.15, 0.2) is 0 Å². The summed E-state index contributed by atoms with van der Waals surface area (Å²) in [5.41, 5.74) is 6.04. The number of aromatic amines is 1. The van der Waals surface area contributed by atoms with E-state index in [-0.39, 0.29) is 5.91 Å². The van der Waals surface area contributed by atoms with Crippen LogP contribution in [-0.4, -0.2) is 66.0 Å². The lowest BCUT2D eigenvalue weighted by atomic mass is 9.96. The van der Waals surface area contributed by atoms with Crippen molar-refractivity contribution in [3.05, 3.63) is 65.4 Å². The van der Waals surface area contributed by atoms with Gasteiger partial charge in [0.1, 0.15) is 5.69 Å². The number of piperidine rings is 1. The van der Waals surface area contributed by atoms with Gasteiger partial charge in [-0.05, 0) is 81.3 Å². The smallest absolute Gasteiger partial charge is 0.270 e. The maximum absolute atomic E-state index is 12.2. The zero-order valence-corrected chi connectivity index (χ0v) is 21.4. The normalized spacial score (nSPS) is 18.9. The van der Waals surface area contributed by atoms with Crippen LogP contribution in [0, 0.1) is 6.92 Å². The second kappa shape index (κ2) is 10.9. The van der Waals surface area contributed by atoms with E-state index < -0.39 is 0 Å². The lowest BCUT2D eigenvalue weighted by molar-refractivity contribution is 0.0788. The van der Waals surface area contributed by atoms with Crippen LogP contribution in [0.4, 0.5) is 5.69 Å². The Hall–Kier alpha value is -2.79. The summed E-state index contributed by atoms with van der Waals surface area (Å²) in [6.45, 7) is 11.1. The van der Waals surface area contributed by atoms with Crippen LogP contribution in [0.3, 0.4) is 0 Å². The summed E-state index contributed by atoms with van der Waals surface area (Å²) in [6, 6.07) is 17.9. The molecule has 5 nitrogen and oxygen atoms in total. The Labute approximate surface area is 210 Å². The Bertz CT molecular complexity index is 1140. The highest BCUT2D eigenvalue weighted by Crippen LogP contribution is 2.31. The third-order valence-corrected chi connectivity index (χ3v) is 7.99.